The maximum Gasteiger partial charge on any atom is 0.407 e. The third kappa shape index (κ3) is 7.37. The Hall–Kier alpha value is -4.36. The van der Waals surface area contributed by atoms with Crippen molar-refractivity contribution in [2.24, 2.45) is 0 Å². The van der Waals surface area contributed by atoms with Gasteiger partial charge in [0.2, 0.25) is 5.95 Å². The zero-order valence-electron chi connectivity index (χ0n) is 27.4. The summed E-state index contributed by atoms with van der Waals surface area (Å²) in [5, 5.41) is 6.89. The first-order chi connectivity index (χ1) is 21.7. The molecule has 0 aliphatic carbocycles. The van der Waals surface area contributed by atoms with E-state index in [1.165, 1.54) is 18.5 Å². The molecule has 3 aromatic rings. The summed E-state index contributed by atoms with van der Waals surface area (Å²) < 4.78 is 40.0. The fourth-order valence-corrected chi connectivity index (χ4v) is 5.85. The second kappa shape index (κ2) is 13.2. The number of amides is 2. The number of hydrogen-bond acceptors (Lipinski definition) is 10. The van der Waals surface area contributed by atoms with Crippen molar-refractivity contribution in [3.8, 4) is 0 Å². The fraction of sp³-hybridized carbons (Fsp3) is 0.562. The minimum atomic E-state index is -0.725. The third-order valence-electron chi connectivity index (χ3n) is 8.42. The van der Waals surface area contributed by atoms with E-state index in [0.29, 0.717) is 42.0 Å². The van der Waals surface area contributed by atoms with Gasteiger partial charge in [0.1, 0.15) is 17.2 Å². The first kappa shape index (κ1) is 33.0. The number of aryl methyl sites for hydroxylation is 1. The molecule has 0 bridgehead atoms. The molecule has 1 N–H and O–H groups in total. The Kier molecular flexibility index (Phi) is 9.45. The number of ether oxygens (including phenoxy) is 1. The van der Waals surface area contributed by atoms with Crippen LogP contribution in [0.25, 0.3) is 0 Å². The van der Waals surface area contributed by atoms with Crippen molar-refractivity contribution < 1.29 is 27.6 Å². The molecule has 5 rings (SSSR count). The highest BCUT2D eigenvalue weighted by atomic mass is 19.1. The molecule has 0 saturated carbocycles. The summed E-state index contributed by atoms with van der Waals surface area (Å²) in [7, 11) is 1.78. The highest BCUT2D eigenvalue weighted by molar-refractivity contribution is 5.93. The number of nitrogens with zero attached hydrogens (tertiary/aromatic N) is 7. The van der Waals surface area contributed by atoms with E-state index in [2.05, 4.69) is 25.4 Å². The number of aromatic nitrogens is 4. The van der Waals surface area contributed by atoms with Gasteiger partial charge in [-0.3, -0.25) is 4.79 Å². The summed E-state index contributed by atoms with van der Waals surface area (Å²) in [5.74, 6) is -0.888. The van der Waals surface area contributed by atoms with Gasteiger partial charge in [-0.1, -0.05) is 19.0 Å². The van der Waals surface area contributed by atoms with E-state index in [-0.39, 0.29) is 36.5 Å². The number of rotatable bonds is 7. The lowest BCUT2D eigenvalue weighted by atomic mass is 9.92. The molecular formula is C32H42F2N8O4. The maximum atomic E-state index is 15.0. The number of benzene rings is 1. The summed E-state index contributed by atoms with van der Waals surface area (Å²) in [6.45, 7) is 12.7. The van der Waals surface area contributed by atoms with E-state index in [9.17, 15) is 14.0 Å². The molecule has 14 heteroatoms. The molecule has 2 fully saturated rings. The van der Waals surface area contributed by atoms with Crippen LogP contribution in [0.2, 0.25) is 0 Å². The summed E-state index contributed by atoms with van der Waals surface area (Å²) in [4.78, 5) is 45.0. The highest BCUT2D eigenvalue weighted by Crippen LogP contribution is 2.33. The Morgan fingerprint density at radius 2 is 1.74 bits per heavy atom. The van der Waals surface area contributed by atoms with Crippen LogP contribution in [0.3, 0.4) is 0 Å². The molecule has 2 atom stereocenters. The van der Waals surface area contributed by atoms with Crippen molar-refractivity contribution in [1.82, 2.24) is 30.3 Å². The monoisotopic (exact) mass is 640 g/mol. The predicted octanol–water partition coefficient (Wildman–Crippen LogP) is 4.81. The Morgan fingerprint density at radius 3 is 2.35 bits per heavy atom. The van der Waals surface area contributed by atoms with Gasteiger partial charge in [-0.2, -0.15) is 4.98 Å². The summed E-state index contributed by atoms with van der Waals surface area (Å²) in [6, 6.07) is 2.29. The molecule has 2 aliphatic heterocycles. The van der Waals surface area contributed by atoms with Crippen molar-refractivity contribution in [2.75, 3.05) is 43.0 Å². The number of hydrogen-bond donors (Lipinski definition) is 1. The van der Waals surface area contributed by atoms with Crippen molar-refractivity contribution in [2.45, 2.75) is 83.9 Å². The average molecular weight is 641 g/mol. The molecular weight excluding hydrogens is 598 g/mol. The minimum Gasteiger partial charge on any atom is -0.444 e. The molecule has 248 valence electrons. The Bertz CT molecular complexity index is 1550. The Labute approximate surface area is 267 Å². The lowest BCUT2D eigenvalue weighted by molar-refractivity contribution is 0.0504. The molecule has 4 heterocycles. The Balaban J connectivity index is 1.25. The topological polar surface area (TPSA) is 130 Å². The predicted molar refractivity (Wildman–Crippen MR) is 167 cm³/mol. The number of piperidine rings is 1. The van der Waals surface area contributed by atoms with Gasteiger partial charge in [-0.05, 0) is 57.7 Å². The first-order valence-corrected chi connectivity index (χ1v) is 15.6. The lowest BCUT2D eigenvalue weighted by Gasteiger charge is -2.35. The van der Waals surface area contributed by atoms with E-state index >= 15 is 4.39 Å². The highest BCUT2D eigenvalue weighted by Gasteiger charge is 2.39. The zero-order valence-corrected chi connectivity index (χ0v) is 27.4. The molecule has 12 nitrogen and oxygen atoms in total. The Morgan fingerprint density at radius 1 is 1.07 bits per heavy atom. The molecule has 2 saturated heterocycles. The number of anilines is 2. The summed E-state index contributed by atoms with van der Waals surface area (Å²) in [5.41, 5.74) is 0.194. The smallest absolute Gasteiger partial charge is 0.407 e. The van der Waals surface area contributed by atoms with E-state index in [0.717, 1.165) is 18.9 Å². The van der Waals surface area contributed by atoms with Crippen LogP contribution < -0.4 is 15.1 Å². The normalized spacial score (nSPS) is 19.1. The number of halogens is 2. The summed E-state index contributed by atoms with van der Waals surface area (Å²) in [6.07, 6.45) is 3.79. The van der Waals surface area contributed by atoms with Crippen molar-refractivity contribution in [1.29, 1.82) is 0 Å². The standard InChI is InChI=1S/C32H42F2N8O4/c1-18(2)27-38-30(46-39-27)41-10-8-21(9-11-41)40(7)28(43)20-14-35-29(36-15-20)42-16-23(22-12-19(3)24(33)13-25(22)34)26(17-42)37-31(44)45-32(4,5)6/h12-15,18,21,23,26H,8-11,16-17H2,1-7H3,(H,37,44)/t23-,26+/m1/s1. The van der Waals surface area contributed by atoms with Gasteiger partial charge >= 0.3 is 12.1 Å². The van der Waals surface area contributed by atoms with E-state index < -0.39 is 35.3 Å². The van der Waals surface area contributed by atoms with Crippen molar-refractivity contribution in [3.05, 3.63) is 58.7 Å². The second-order valence-corrected chi connectivity index (χ2v) is 13.4. The van der Waals surface area contributed by atoms with Gasteiger partial charge in [0.15, 0.2) is 5.82 Å². The third-order valence-corrected chi connectivity index (χ3v) is 8.42. The van der Waals surface area contributed by atoms with E-state index in [1.807, 2.05) is 18.7 Å². The van der Waals surface area contributed by atoms with Crippen LogP contribution in [0, 0.1) is 18.6 Å². The van der Waals surface area contributed by atoms with Crippen LogP contribution in [0.1, 0.15) is 86.6 Å². The van der Waals surface area contributed by atoms with Crippen molar-refractivity contribution in [3.63, 3.8) is 0 Å². The van der Waals surface area contributed by atoms with Gasteiger partial charge in [-0.25, -0.2) is 23.5 Å². The molecule has 2 amide bonds. The van der Waals surface area contributed by atoms with E-state index in [4.69, 9.17) is 9.26 Å². The molecule has 1 aromatic carbocycles. The van der Waals surface area contributed by atoms with E-state index in [1.54, 1.807) is 44.5 Å². The summed E-state index contributed by atoms with van der Waals surface area (Å²) >= 11 is 0. The number of carbonyl (C=O) groups excluding carboxylic acids is 2. The second-order valence-electron chi connectivity index (χ2n) is 13.4. The number of alkyl carbamates (subject to hydrolysis) is 1. The van der Waals surface area contributed by atoms with Gasteiger partial charge in [0, 0.05) is 69.6 Å². The fourth-order valence-electron chi connectivity index (χ4n) is 5.85. The van der Waals surface area contributed by atoms with Gasteiger partial charge in [0.05, 0.1) is 11.6 Å². The minimum absolute atomic E-state index is 0.0176. The average Bonchev–Trinajstić information content (AvgIpc) is 3.66. The molecule has 0 unspecified atom stereocenters. The van der Waals surface area contributed by atoms with Gasteiger partial charge in [-0.15, -0.1) is 0 Å². The van der Waals surface area contributed by atoms with Crippen LogP contribution >= 0.6 is 0 Å². The number of carbonyl (C=O) groups is 2. The maximum absolute atomic E-state index is 15.0. The largest absolute Gasteiger partial charge is 0.444 e. The van der Waals surface area contributed by atoms with Gasteiger partial charge in [0.25, 0.3) is 5.91 Å². The van der Waals surface area contributed by atoms with Crippen LogP contribution in [0.4, 0.5) is 25.5 Å². The first-order valence-electron chi connectivity index (χ1n) is 15.6. The van der Waals surface area contributed by atoms with Gasteiger partial charge < -0.3 is 29.3 Å². The molecule has 2 aromatic heterocycles. The molecule has 0 spiro atoms. The number of nitrogens with one attached hydrogen (secondary N) is 1. The quantitative estimate of drug-likeness (QED) is 0.384. The van der Waals surface area contributed by atoms with Crippen LogP contribution in [0.15, 0.2) is 29.0 Å². The SMILES string of the molecule is Cc1cc([C@H]2CN(c3ncc(C(=O)N(C)C4CCN(c5nc(C(C)C)no5)CC4)cn3)C[C@@H]2NC(=O)OC(C)(C)C)c(F)cc1F. The van der Waals surface area contributed by atoms with Crippen LogP contribution in [0.5, 0.6) is 0 Å². The van der Waals surface area contributed by atoms with Crippen LogP contribution in [-0.4, -0.2) is 87.9 Å². The molecule has 46 heavy (non-hydrogen) atoms. The van der Waals surface area contributed by atoms with Crippen LogP contribution in [-0.2, 0) is 4.74 Å². The van der Waals surface area contributed by atoms with Crippen molar-refractivity contribution >= 4 is 24.0 Å². The zero-order chi connectivity index (χ0) is 33.3. The molecule has 0 radical (unpaired) electrons. The lowest BCUT2D eigenvalue weighted by Crippen LogP contribution is -2.45. The molecule has 2 aliphatic rings.